The van der Waals surface area contributed by atoms with E-state index in [-0.39, 0.29) is 0 Å². The molecule has 0 saturated heterocycles. The van der Waals surface area contributed by atoms with Crippen molar-refractivity contribution in [2.75, 3.05) is 36.1 Å². The van der Waals surface area contributed by atoms with E-state index in [2.05, 4.69) is 19.6 Å². The molecule has 6 N–H and O–H groups in total. The lowest BCUT2D eigenvalue weighted by Crippen LogP contribution is -2.33. The Labute approximate surface area is 206 Å². The fraction of sp³-hybridized carbons (Fsp3) is 0.667. The molecule has 0 aromatic heterocycles. The summed E-state index contributed by atoms with van der Waals surface area (Å²) in [4.78, 5) is 47.6. The maximum absolute atomic E-state index is 12.3. The third-order valence-electron chi connectivity index (χ3n) is 4.28. The van der Waals surface area contributed by atoms with Gasteiger partial charge in [-0.25, -0.2) is 29.4 Å². The van der Waals surface area contributed by atoms with Crippen LogP contribution in [0.4, 0.5) is 0 Å². The molecule has 0 heterocycles. The van der Waals surface area contributed by atoms with Crippen molar-refractivity contribution in [3.05, 3.63) is 12.2 Å². The smallest absolute Gasteiger partial charge is 0.338 e. The standard InChI is InChI=1S/C18H38N4O8P2S2/c1-5-33(11-9-19)31(27)21-13(3)17(25)29-15(23)7-8-16(24)30-18(26)14(4)22-32(28)34(6-2)12-10-20/h7-8,13-14,31-34H,5-6,9-12,19-20H2,1-4H3,(H,21,27)(H,22,28)/b8-7+/t13-,14-/m0/s1. The van der Waals surface area contributed by atoms with E-state index in [1.807, 2.05) is 13.8 Å². The van der Waals surface area contributed by atoms with Crippen LogP contribution in [0.15, 0.2) is 12.2 Å². The fourth-order valence-corrected chi connectivity index (χ4v) is 11.9. The Morgan fingerprint density at radius 2 is 1.12 bits per heavy atom. The molecule has 34 heavy (non-hydrogen) atoms. The second kappa shape index (κ2) is 18.3. The lowest BCUT2D eigenvalue weighted by Gasteiger charge is -2.21. The summed E-state index contributed by atoms with van der Waals surface area (Å²) in [5, 5.41) is 5.31. The second-order valence-electron chi connectivity index (χ2n) is 6.89. The highest BCUT2D eigenvalue weighted by Gasteiger charge is 2.23. The van der Waals surface area contributed by atoms with Gasteiger partial charge in [0.1, 0.15) is 12.1 Å². The monoisotopic (exact) mass is 564 g/mol. The third kappa shape index (κ3) is 13.2. The minimum Gasteiger partial charge on any atom is -0.389 e. The Morgan fingerprint density at radius 3 is 1.38 bits per heavy atom. The minimum atomic E-state index is -2.27. The summed E-state index contributed by atoms with van der Waals surface area (Å²) in [6.07, 6.45) is 1.27. The number of nitrogens with one attached hydrogen (secondary N) is 2. The van der Waals surface area contributed by atoms with Crippen LogP contribution in [0.1, 0.15) is 27.7 Å². The van der Waals surface area contributed by atoms with E-state index in [9.17, 15) is 28.3 Å². The quantitative estimate of drug-likeness (QED) is 0.0496. The van der Waals surface area contributed by atoms with E-state index >= 15 is 0 Å². The van der Waals surface area contributed by atoms with E-state index in [4.69, 9.17) is 11.5 Å². The molecular formula is C18H38N4O8P2S2. The molecule has 0 fully saturated rings. The van der Waals surface area contributed by atoms with Gasteiger partial charge in [0.25, 0.3) is 0 Å². The van der Waals surface area contributed by atoms with Crippen molar-refractivity contribution in [3.8, 4) is 0 Å². The molecule has 0 bridgehead atoms. The van der Waals surface area contributed by atoms with Gasteiger partial charge in [-0.3, -0.25) is 9.13 Å². The summed E-state index contributed by atoms with van der Waals surface area (Å²) < 4.78 is 33.8. The average Bonchev–Trinajstić information content (AvgIpc) is 2.78. The molecule has 0 aliphatic rings. The van der Waals surface area contributed by atoms with Gasteiger partial charge in [0.05, 0.1) is 0 Å². The highest BCUT2D eigenvalue weighted by Crippen LogP contribution is 2.50. The average molecular weight is 565 g/mol. The van der Waals surface area contributed by atoms with Crippen LogP contribution in [0.2, 0.25) is 0 Å². The Bertz CT molecular complexity index is 725. The minimum absolute atomic E-state index is 0.389. The van der Waals surface area contributed by atoms with E-state index in [1.54, 1.807) is 0 Å². The van der Waals surface area contributed by atoms with Crippen LogP contribution in [-0.2, 0) is 37.8 Å². The molecule has 0 aliphatic carbocycles. The Kier molecular flexibility index (Phi) is 17.8. The number of hydrogen-bond donors (Lipinski definition) is 6. The van der Waals surface area contributed by atoms with Crippen molar-refractivity contribution in [2.45, 2.75) is 39.8 Å². The zero-order valence-electron chi connectivity index (χ0n) is 19.9. The van der Waals surface area contributed by atoms with Gasteiger partial charge in [-0.15, -0.1) is 0 Å². The zero-order valence-corrected chi connectivity index (χ0v) is 23.7. The topological polar surface area (TPSA) is 197 Å². The van der Waals surface area contributed by atoms with Gasteiger partial charge in [-0.2, -0.15) is 21.0 Å². The first kappa shape index (κ1) is 33.0. The highest BCUT2D eigenvalue weighted by atomic mass is 32.8. The van der Waals surface area contributed by atoms with Gasteiger partial charge in [0, 0.05) is 25.2 Å². The molecule has 6 atom stereocenters. The van der Waals surface area contributed by atoms with E-state index in [0.717, 1.165) is 0 Å². The first-order valence-corrected chi connectivity index (χ1v) is 18.6. The molecule has 0 amide bonds. The summed E-state index contributed by atoms with van der Waals surface area (Å²) >= 11 is 0. The number of carbonyl (C=O) groups is 4. The van der Waals surface area contributed by atoms with Crippen LogP contribution in [-0.4, -0.2) is 72.1 Å². The van der Waals surface area contributed by atoms with Crippen molar-refractivity contribution in [1.82, 2.24) is 10.2 Å². The van der Waals surface area contributed by atoms with Crippen molar-refractivity contribution in [1.29, 1.82) is 0 Å². The van der Waals surface area contributed by atoms with Gasteiger partial charge >= 0.3 is 23.9 Å². The Morgan fingerprint density at radius 1 is 0.794 bits per heavy atom. The van der Waals surface area contributed by atoms with Crippen LogP contribution in [0.5, 0.6) is 0 Å². The van der Waals surface area contributed by atoms with Crippen molar-refractivity contribution >= 4 is 59.2 Å². The van der Waals surface area contributed by atoms with Crippen LogP contribution >= 0.6 is 35.3 Å². The lowest BCUT2D eigenvalue weighted by molar-refractivity contribution is -0.159. The summed E-state index contributed by atoms with van der Waals surface area (Å²) in [7, 11) is -6.26. The van der Waals surface area contributed by atoms with Crippen LogP contribution in [0.25, 0.3) is 0 Å². The predicted octanol–water partition coefficient (Wildman–Crippen LogP) is 0.377. The second-order valence-corrected chi connectivity index (χ2v) is 19.2. The van der Waals surface area contributed by atoms with Gasteiger partial charge in [-0.05, 0) is 36.9 Å². The van der Waals surface area contributed by atoms with Crippen LogP contribution in [0.3, 0.4) is 0 Å². The first-order chi connectivity index (χ1) is 16.0. The number of thiol groups is 2. The van der Waals surface area contributed by atoms with E-state index in [0.29, 0.717) is 48.3 Å². The number of esters is 4. The molecule has 12 nitrogen and oxygen atoms in total. The van der Waals surface area contributed by atoms with Gasteiger partial charge in [0.15, 0.2) is 14.3 Å². The van der Waals surface area contributed by atoms with Gasteiger partial charge < -0.3 is 20.9 Å². The molecule has 0 aromatic carbocycles. The zero-order chi connectivity index (χ0) is 26.3. The molecule has 0 saturated carbocycles. The lowest BCUT2D eigenvalue weighted by atomic mass is 10.4. The van der Waals surface area contributed by atoms with Crippen LogP contribution in [0, 0.1) is 0 Å². The maximum Gasteiger partial charge on any atom is 0.338 e. The number of ether oxygens (including phenoxy) is 2. The third-order valence-corrected chi connectivity index (χ3v) is 17.4. The highest BCUT2D eigenvalue weighted by molar-refractivity contribution is 8.62. The largest absolute Gasteiger partial charge is 0.389 e. The Hall–Kier alpha value is -0.980. The summed E-state index contributed by atoms with van der Waals surface area (Å²) in [6.45, 7) is 7.35. The van der Waals surface area contributed by atoms with E-state index in [1.165, 1.54) is 13.8 Å². The Balaban J connectivity index is 4.64. The molecule has 16 heteroatoms. The fourth-order valence-electron chi connectivity index (χ4n) is 2.37. The first-order valence-electron chi connectivity index (χ1n) is 10.7. The molecule has 4 unspecified atom stereocenters. The normalized spacial score (nSPS) is 17.8. The summed E-state index contributed by atoms with van der Waals surface area (Å²) in [5.41, 5.74) is 11.0. The number of rotatable bonds is 16. The predicted molar refractivity (Wildman–Crippen MR) is 141 cm³/mol. The molecule has 0 radical (unpaired) electrons. The molecule has 0 spiro atoms. The van der Waals surface area contributed by atoms with E-state index < -0.39 is 71.3 Å². The number of hydrogen-bond acceptors (Lipinski definition) is 10. The molecule has 0 aliphatic heterocycles. The summed E-state index contributed by atoms with van der Waals surface area (Å²) in [6, 6.07) is -2.01. The van der Waals surface area contributed by atoms with Crippen LogP contribution < -0.4 is 21.6 Å². The van der Waals surface area contributed by atoms with Gasteiger partial charge in [-0.1, -0.05) is 13.8 Å². The number of carbonyl (C=O) groups excluding carboxylic acids is 4. The van der Waals surface area contributed by atoms with Crippen molar-refractivity contribution in [2.24, 2.45) is 11.5 Å². The van der Waals surface area contributed by atoms with Gasteiger partial charge in [0.2, 0.25) is 0 Å². The van der Waals surface area contributed by atoms with Crippen molar-refractivity contribution in [3.63, 3.8) is 0 Å². The molecular weight excluding hydrogens is 526 g/mol. The SMILES string of the molecule is CC[SH](CCN)[PH](=O)N[C@@H](C)C(=O)OC(=O)/C=C/C(=O)OC(=O)[C@H](C)N[PH](=O)[SH](CC)CCN. The number of nitrogens with two attached hydrogens (primary N) is 2. The summed E-state index contributed by atoms with van der Waals surface area (Å²) in [5.74, 6) is -1.70. The molecule has 200 valence electrons. The maximum atomic E-state index is 12.3. The molecule has 0 aromatic rings. The van der Waals surface area contributed by atoms with Crippen molar-refractivity contribution < 1.29 is 37.8 Å². The molecule has 0 rings (SSSR count).